The number of aromatic amines is 1. The fourth-order valence-corrected chi connectivity index (χ4v) is 5.86. The smallest absolute Gasteiger partial charge is 0.280 e. The highest BCUT2D eigenvalue weighted by Crippen LogP contribution is 2.33. The number of fused-ring (bicyclic) bond motifs is 1. The summed E-state index contributed by atoms with van der Waals surface area (Å²) in [5, 5.41) is 9.04. The molecular formula is C26H27ClN10OS. The molecule has 6 rings (SSSR count). The Morgan fingerprint density at radius 1 is 1.13 bits per heavy atom. The Morgan fingerprint density at radius 2 is 1.92 bits per heavy atom. The van der Waals surface area contributed by atoms with Gasteiger partial charge in [-0.2, -0.15) is 0 Å². The second-order valence-corrected chi connectivity index (χ2v) is 11.1. The lowest BCUT2D eigenvalue weighted by atomic mass is 9.89. The van der Waals surface area contributed by atoms with Gasteiger partial charge < -0.3 is 21.4 Å². The first-order valence-electron chi connectivity index (χ1n) is 12.5. The van der Waals surface area contributed by atoms with Gasteiger partial charge in [-0.25, -0.2) is 19.3 Å². The molecule has 1 saturated heterocycles. The fraction of sp³-hybridized carbons (Fsp3) is 0.269. The van der Waals surface area contributed by atoms with Gasteiger partial charge in [0.25, 0.3) is 5.91 Å². The predicted molar refractivity (Wildman–Crippen MR) is 155 cm³/mol. The highest BCUT2D eigenvalue weighted by molar-refractivity contribution is 7.97. The molecule has 0 bridgehead atoms. The number of hydrogen-bond donors (Lipinski definition) is 5. The SMILES string of the molecule is CNc1nc(N)c(Cl)nc1C(=O)NC1=NCC2(CCN(Sc3ccc4nc(-c5ccccc5)[nH]c4c3)CC2)N1. The molecule has 6 N–H and O–H groups in total. The average Bonchev–Trinajstić information content (AvgIpc) is 3.55. The van der Waals surface area contributed by atoms with Crippen LogP contribution in [0.1, 0.15) is 23.3 Å². The van der Waals surface area contributed by atoms with Crippen LogP contribution < -0.4 is 21.7 Å². The zero-order valence-corrected chi connectivity index (χ0v) is 22.7. The van der Waals surface area contributed by atoms with Gasteiger partial charge in [-0.15, -0.1) is 0 Å². The van der Waals surface area contributed by atoms with E-state index in [1.165, 1.54) is 0 Å². The molecule has 39 heavy (non-hydrogen) atoms. The summed E-state index contributed by atoms with van der Waals surface area (Å²) >= 11 is 7.73. The molecule has 0 atom stereocenters. The molecule has 4 aromatic rings. The number of guanidine groups is 1. The number of nitrogens with one attached hydrogen (secondary N) is 4. The number of carbonyl (C=O) groups excluding carboxylic acids is 1. The molecule has 0 saturated carbocycles. The zero-order chi connectivity index (χ0) is 27.0. The molecule has 13 heteroatoms. The van der Waals surface area contributed by atoms with E-state index in [0.29, 0.717) is 12.5 Å². The molecule has 200 valence electrons. The predicted octanol–water partition coefficient (Wildman–Crippen LogP) is 3.53. The molecule has 1 spiro atoms. The number of aromatic nitrogens is 4. The minimum absolute atomic E-state index is 0.0230. The molecule has 1 fully saturated rings. The number of H-pyrrole nitrogens is 1. The van der Waals surface area contributed by atoms with E-state index in [-0.39, 0.29) is 28.0 Å². The number of rotatable bonds is 5. The Bertz CT molecular complexity index is 1570. The fourth-order valence-electron chi connectivity index (χ4n) is 4.77. The molecule has 0 aliphatic carbocycles. The summed E-state index contributed by atoms with van der Waals surface area (Å²) in [6.07, 6.45) is 1.78. The summed E-state index contributed by atoms with van der Waals surface area (Å²) in [5.41, 5.74) is 8.61. The third-order valence-corrected chi connectivity index (χ3v) is 8.27. The summed E-state index contributed by atoms with van der Waals surface area (Å²) in [5.74, 6) is 1.14. The van der Waals surface area contributed by atoms with Crippen LogP contribution in [0.4, 0.5) is 11.6 Å². The maximum absolute atomic E-state index is 12.9. The Morgan fingerprint density at radius 3 is 2.69 bits per heavy atom. The van der Waals surface area contributed by atoms with Crippen molar-refractivity contribution < 1.29 is 4.79 Å². The maximum atomic E-state index is 12.9. The van der Waals surface area contributed by atoms with E-state index < -0.39 is 5.91 Å². The number of nitrogens with two attached hydrogens (primary N) is 1. The summed E-state index contributed by atoms with van der Waals surface area (Å²) < 4.78 is 2.37. The largest absolute Gasteiger partial charge is 0.381 e. The number of nitrogen functional groups attached to an aromatic ring is 1. The van der Waals surface area contributed by atoms with Gasteiger partial charge in [0.1, 0.15) is 5.82 Å². The van der Waals surface area contributed by atoms with Crippen LogP contribution in [-0.2, 0) is 0 Å². The Labute approximate surface area is 234 Å². The van der Waals surface area contributed by atoms with Crippen molar-refractivity contribution in [1.82, 2.24) is 34.9 Å². The van der Waals surface area contributed by atoms with E-state index in [0.717, 1.165) is 53.2 Å². The first-order valence-corrected chi connectivity index (χ1v) is 13.7. The van der Waals surface area contributed by atoms with Gasteiger partial charge in [0.2, 0.25) is 0 Å². The number of imidazole rings is 1. The van der Waals surface area contributed by atoms with E-state index in [1.807, 2.05) is 18.2 Å². The highest BCUT2D eigenvalue weighted by Gasteiger charge is 2.39. The third-order valence-electron chi connectivity index (χ3n) is 6.90. The standard InChI is InChI=1S/C26H27ClN10OS/c1-29-23-19(33-20(27)21(28)34-23)24(38)35-25-30-14-26(36-25)9-11-37(12-10-26)39-16-7-8-17-18(13-16)32-22(31-17)15-5-3-2-4-6-15/h2-8,13H,9-12,14H2,1H3,(H,31,32)(H3,28,29,34)(H2,30,35,36,38). The van der Waals surface area contributed by atoms with Crippen molar-refractivity contribution in [2.24, 2.45) is 4.99 Å². The Kier molecular flexibility index (Phi) is 6.75. The molecule has 0 unspecified atom stereocenters. The normalized spacial score (nSPS) is 16.7. The van der Waals surface area contributed by atoms with Crippen molar-refractivity contribution >= 4 is 58.1 Å². The van der Waals surface area contributed by atoms with Crippen LogP contribution in [0.5, 0.6) is 0 Å². The maximum Gasteiger partial charge on any atom is 0.280 e. The minimum Gasteiger partial charge on any atom is -0.381 e. The van der Waals surface area contributed by atoms with Crippen molar-refractivity contribution in [2.75, 3.05) is 37.7 Å². The Hall–Kier alpha value is -3.87. The summed E-state index contributed by atoms with van der Waals surface area (Å²) in [6.45, 7) is 2.36. The minimum atomic E-state index is -0.463. The van der Waals surface area contributed by atoms with Gasteiger partial charge in [0.15, 0.2) is 28.4 Å². The molecule has 2 aliphatic rings. The zero-order valence-electron chi connectivity index (χ0n) is 21.2. The average molecular weight is 563 g/mol. The van der Waals surface area contributed by atoms with E-state index in [1.54, 1.807) is 19.0 Å². The van der Waals surface area contributed by atoms with Crippen molar-refractivity contribution in [2.45, 2.75) is 23.3 Å². The van der Waals surface area contributed by atoms with E-state index in [2.05, 4.69) is 70.5 Å². The van der Waals surface area contributed by atoms with E-state index in [4.69, 9.17) is 22.3 Å². The molecule has 2 aromatic carbocycles. The van der Waals surface area contributed by atoms with Gasteiger partial charge in [0, 0.05) is 30.6 Å². The number of nitrogens with zero attached hydrogens (tertiary/aromatic N) is 5. The lowest BCUT2D eigenvalue weighted by Crippen LogP contribution is -2.55. The van der Waals surface area contributed by atoms with Gasteiger partial charge in [-0.1, -0.05) is 41.9 Å². The molecular weight excluding hydrogens is 536 g/mol. The van der Waals surface area contributed by atoms with Crippen LogP contribution in [0.2, 0.25) is 5.15 Å². The first kappa shape index (κ1) is 25.4. The molecule has 2 aliphatic heterocycles. The van der Waals surface area contributed by atoms with Crippen LogP contribution in [0.3, 0.4) is 0 Å². The summed E-state index contributed by atoms with van der Waals surface area (Å²) in [7, 11) is 1.63. The topological polar surface area (TPSA) is 149 Å². The van der Waals surface area contributed by atoms with Crippen LogP contribution >= 0.6 is 23.5 Å². The summed E-state index contributed by atoms with van der Waals surface area (Å²) in [6, 6.07) is 16.5. The number of carbonyl (C=O) groups is 1. The molecule has 2 aromatic heterocycles. The third kappa shape index (κ3) is 5.22. The number of piperidine rings is 1. The molecule has 11 nitrogen and oxygen atoms in total. The lowest BCUT2D eigenvalue weighted by Gasteiger charge is -2.38. The summed E-state index contributed by atoms with van der Waals surface area (Å²) in [4.78, 5) is 34.9. The van der Waals surface area contributed by atoms with Crippen LogP contribution in [0.15, 0.2) is 58.4 Å². The number of halogens is 1. The molecule has 0 radical (unpaired) electrons. The highest BCUT2D eigenvalue weighted by atomic mass is 35.5. The monoisotopic (exact) mass is 562 g/mol. The van der Waals surface area contributed by atoms with Crippen LogP contribution in [0.25, 0.3) is 22.4 Å². The number of amides is 1. The molecule has 4 heterocycles. The molecule has 1 amide bonds. The van der Waals surface area contributed by atoms with Crippen LogP contribution in [-0.4, -0.2) is 68.3 Å². The van der Waals surface area contributed by atoms with Gasteiger partial charge >= 0.3 is 0 Å². The number of benzene rings is 2. The lowest BCUT2D eigenvalue weighted by molar-refractivity contribution is 0.0971. The number of hydrogen-bond acceptors (Lipinski definition) is 10. The first-order chi connectivity index (χ1) is 18.9. The van der Waals surface area contributed by atoms with Crippen molar-refractivity contribution in [3.05, 3.63) is 59.4 Å². The van der Waals surface area contributed by atoms with Gasteiger partial charge in [-0.05, 0) is 43.0 Å². The van der Waals surface area contributed by atoms with Gasteiger partial charge in [-0.3, -0.25) is 15.1 Å². The second kappa shape index (κ2) is 10.4. The Balaban J connectivity index is 1.05. The van der Waals surface area contributed by atoms with Crippen LogP contribution in [0, 0.1) is 0 Å². The van der Waals surface area contributed by atoms with Crippen molar-refractivity contribution in [1.29, 1.82) is 0 Å². The van der Waals surface area contributed by atoms with Crippen molar-refractivity contribution in [3.8, 4) is 11.4 Å². The van der Waals surface area contributed by atoms with E-state index in [9.17, 15) is 4.79 Å². The quantitative estimate of drug-likeness (QED) is 0.230. The van der Waals surface area contributed by atoms with E-state index >= 15 is 0 Å². The number of anilines is 2. The van der Waals surface area contributed by atoms with Gasteiger partial charge in [0.05, 0.1) is 23.1 Å². The second-order valence-electron chi connectivity index (χ2n) is 9.52. The van der Waals surface area contributed by atoms with Crippen molar-refractivity contribution in [3.63, 3.8) is 0 Å². The number of aliphatic imine (C=N–C) groups is 1.